The van der Waals surface area contributed by atoms with Crippen LogP contribution in [0.5, 0.6) is 11.5 Å². The Morgan fingerprint density at radius 3 is 2.40 bits per heavy atom. The van der Waals surface area contributed by atoms with Crippen molar-refractivity contribution in [3.8, 4) is 11.5 Å². The third-order valence-electron chi connectivity index (χ3n) is 5.54. The molecule has 1 heterocycles. The zero-order valence-corrected chi connectivity index (χ0v) is 19.3. The highest BCUT2D eigenvalue weighted by molar-refractivity contribution is 5.80. The number of esters is 1. The van der Waals surface area contributed by atoms with Crippen molar-refractivity contribution in [2.24, 2.45) is 10.9 Å². The zero-order valence-electron chi connectivity index (χ0n) is 19.3. The second-order valence-electron chi connectivity index (χ2n) is 8.14. The molecule has 0 atom stereocenters. The molecule has 1 aromatic rings. The summed E-state index contributed by atoms with van der Waals surface area (Å²) in [4.78, 5) is 19.2. The first kappa shape index (κ1) is 23.8. The fraction of sp³-hybridized carbons (Fsp3) is 0.652. The summed E-state index contributed by atoms with van der Waals surface area (Å²) >= 11 is 0. The number of ether oxygens (including phenoxy) is 3. The Labute approximate surface area is 180 Å². The minimum Gasteiger partial charge on any atom is -0.493 e. The summed E-state index contributed by atoms with van der Waals surface area (Å²) in [5, 5.41) is 3.40. The number of methoxy groups -OCH3 is 2. The predicted molar refractivity (Wildman–Crippen MR) is 119 cm³/mol. The summed E-state index contributed by atoms with van der Waals surface area (Å²) in [5.41, 5.74) is 0.962. The van der Waals surface area contributed by atoms with E-state index in [1.807, 2.05) is 19.1 Å². The van der Waals surface area contributed by atoms with E-state index in [9.17, 15) is 4.79 Å². The van der Waals surface area contributed by atoms with Crippen molar-refractivity contribution < 1.29 is 19.0 Å². The van der Waals surface area contributed by atoms with E-state index in [0.717, 1.165) is 55.5 Å². The molecular weight excluding hydrogens is 382 g/mol. The molecule has 30 heavy (non-hydrogen) atoms. The van der Waals surface area contributed by atoms with Crippen LogP contribution >= 0.6 is 0 Å². The largest absolute Gasteiger partial charge is 0.493 e. The molecule has 0 aromatic heterocycles. The van der Waals surface area contributed by atoms with E-state index in [4.69, 9.17) is 19.2 Å². The Bertz CT molecular complexity index is 725. The van der Waals surface area contributed by atoms with Crippen LogP contribution in [0.25, 0.3) is 0 Å². The molecule has 0 aliphatic carbocycles. The van der Waals surface area contributed by atoms with Crippen molar-refractivity contribution >= 4 is 11.9 Å². The number of aliphatic imine (C=N–C) groups is 1. The summed E-state index contributed by atoms with van der Waals surface area (Å²) in [6.45, 7) is 11.7. The molecule has 0 bridgehead atoms. The number of likely N-dealkylation sites (tertiary alicyclic amines) is 1. The average molecular weight is 420 g/mol. The number of piperidine rings is 1. The molecule has 1 aliphatic rings. The van der Waals surface area contributed by atoms with Gasteiger partial charge in [-0.25, -0.2) is 0 Å². The SMILES string of the molecule is CCNC(=NCC(C)(C)c1ccc(OC)c(OC)c1)N1CCC(C(=O)OCC)CC1. The van der Waals surface area contributed by atoms with Gasteiger partial charge in [0.15, 0.2) is 17.5 Å². The molecule has 0 spiro atoms. The average Bonchev–Trinajstić information content (AvgIpc) is 2.76. The number of carbonyl (C=O) groups is 1. The third-order valence-corrected chi connectivity index (χ3v) is 5.54. The van der Waals surface area contributed by atoms with E-state index in [2.05, 4.69) is 37.1 Å². The highest BCUT2D eigenvalue weighted by Gasteiger charge is 2.28. The van der Waals surface area contributed by atoms with Crippen LogP contribution in [0.1, 0.15) is 46.1 Å². The molecule has 7 nitrogen and oxygen atoms in total. The number of guanidine groups is 1. The van der Waals surface area contributed by atoms with Crippen LogP contribution in [0.15, 0.2) is 23.2 Å². The fourth-order valence-electron chi connectivity index (χ4n) is 3.63. The van der Waals surface area contributed by atoms with E-state index >= 15 is 0 Å². The minimum atomic E-state index is -0.177. The Morgan fingerprint density at radius 2 is 1.83 bits per heavy atom. The Kier molecular flexibility index (Phi) is 8.81. The maximum atomic E-state index is 12.0. The zero-order chi connectivity index (χ0) is 22.1. The molecule has 0 amide bonds. The molecule has 1 fully saturated rings. The first-order valence-electron chi connectivity index (χ1n) is 10.8. The van der Waals surface area contributed by atoms with Crippen LogP contribution in [0.4, 0.5) is 0 Å². The monoisotopic (exact) mass is 419 g/mol. The highest BCUT2D eigenvalue weighted by atomic mass is 16.5. The topological polar surface area (TPSA) is 72.4 Å². The summed E-state index contributed by atoms with van der Waals surface area (Å²) in [6.07, 6.45) is 1.59. The van der Waals surface area contributed by atoms with Crippen LogP contribution in [0.2, 0.25) is 0 Å². The van der Waals surface area contributed by atoms with Crippen molar-refractivity contribution in [2.45, 2.75) is 46.0 Å². The van der Waals surface area contributed by atoms with Crippen LogP contribution in [0.3, 0.4) is 0 Å². The normalized spacial score (nSPS) is 15.7. The number of rotatable bonds is 8. The molecule has 7 heteroatoms. The summed E-state index contributed by atoms with van der Waals surface area (Å²) in [5.74, 6) is 2.26. The van der Waals surface area contributed by atoms with Crippen LogP contribution in [0, 0.1) is 5.92 Å². The van der Waals surface area contributed by atoms with Gasteiger partial charge >= 0.3 is 5.97 Å². The number of hydrogen-bond acceptors (Lipinski definition) is 5. The number of nitrogens with zero attached hydrogens (tertiary/aromatic N) is 2. The van der Waals surface area contributed by atoms with Crippen LogP contribution < -0.4 is 14.8 Å². The van der Waals surface area contributed by atoms with Gasteiger partial charge in [-0.15, -0.1) is 0 Å². The molecule has 1 aromatic carbocycles. The van der Waals surface area contributed by atoms with E-state index in [1.165, 1.54) is 0 Å². The fourth-order valence-corrected chi connectivity index (χ4v) is 3.63. The van der Waals surface area contributed by atoms with Gasteiger partial charge in [-0.1, -0.05) is 19.9 Å². The quantitative estimate of drug-likeness (QED) is 0.396. The van der Waals surface area contributed by atoms with E-state index in [0.29, 0.717) is 13.2 Å². The van der Waals surface area contributed by atoms with Gasteiger partial charge in [0.25, 0.3) is 0 Å². The van der Waals surface area contributed by atoms with Gasteiger partial charge in [-0.3, -0.25) is 9.79 Å². The first-order valence-corrected chi connectivity index (χ1v) is 10.8. The lowest BCUT2D eigenvalue weighted by Crippen LogP contribution is -2.47. The van der Waals surface area contributed by atoms with Gasteiger partial charge in [-0.05, 0) is 44.4 Å². The van der Waals surface area contributed by atoms with Gasteiger partial charge < -0.3 is 24.4 Å². The molecule has 2 rings (SSSR count). The number of nitrogens with one attached hydrogen (secondary N) is 1. The highest BCUT2D eigenvalue weighted by Crippen LogP contribution is 2.33. The molecule has 1 N–H and O–H groups in total. The predicted octanol–water partition coefficient (Wildman–Crippen LogP) is 3.22. The van der Waals surface area contributed by atoms with Crippen LogP contribution in [-0.4, -0.2) is 63.8 Å². The lowest BCUT2D eigenvalue weighted by molar-refractivity contribution is -0.149. The van der Waals surface area contributed by atoms with Crippen LogP contribution in [-0.2, 0) is 14.9 Å². The van der Waals surface area contributed by atoms with Gasteiger partial charge in [0.2, 0.25) is 0 Å². The standard InChI is InChI=1S/C23H37N3O4/c1-7-24-22(26-13-11-17(12-14-26)21(27)30-8-2)25-16-23(3,4)18-9-10-19(28-5)20(15-18)29-6/h9-10,15,17H,7-8,11-14,16H2,1-6H3,(H,24,25). The Morgan fingerprint density at radius 1 is 1.17 bits per heavy atom. The van der Waals surface area contributed by atoms with Gasteiger partial charge in [0, 0.05) is 25.0 Å². The third kappa shape index (κ3) is 6.03. The number of hydrogen-bond donors (Lipinski definition) is 1. The lowest BCUT2D eigenvalue weighted by Gasteiger charge is -2.34. The molecule has 1 saturated heterocycles. The van der Waals surface area contributed by atoms with E-state index in [1.54, 1.807) is 14.2 Å². The summed E-state index contributed by atoms with van der Waals surface area (Å²) < 4.78 is 16.0. The number of benzene rings is 1. The second kappa shape index (κ2) is 11.1. The lowest BCUT2D eigenvalue weighted by atomic mass is 9.84. The van der Waals surface area contributed by atoms with Crippen molar-refractivity contribution in [3.63, 3.8) is 0 Å². The molecule has 0 radical (unpaired) electrons. The van der Waals surface area contributed by atoms with Crippen molar-refractivity contribution in [1.82, 2.24) is 10.2 Å². The van der Waals surface area contributed by atoms with Crippen molar-refractivity contribution in [3.05, 3.63) is 23.8 Å². The molecular formula is C23H37N3O4. The molecule has 168 valence electrons. The Hall–Kier alpha value is -2.44. The van der Waals surface area contributed by atoms with Gasteiger partial charge in [0.05, 0.1) is 33.3 Å². The van der Waals surface area contributed by atoms with Crippen molar-refractivity contribution in [2.75, 3.05) is 47.0 Å². The molecule has 1 aliphatic heterocycles. The second-order valence-corrected chi connectivity index (χ2v) is 8.14. The number of carbonyl (C=O) groups excluding carboxylic acids is 1. The first-order chi connectivity index (χ1) is 14.4. The van der Waals surface area contributed by atoms with Crippen molar-refractivity contribution in [1.29, 1.82) is 0 Å². The van der Waals surface area contributed by atoms with Gasteiger partial charge in [-0.2, -0.15) is 0 Å². The smallest absolute Gasteiger partial charge is 0.309 e. The maximum absolute atomic E-state index is 12.0. The minimum absolute atomic E-state index is 0.00715. The summed E-state index contributed by atoms with van der Waals surface area (Å²) in [6, 6.07) is 6.02. The Balaban J connectivity index is 2.09. The van der Waals surface area contributed by atoms with E-state index in [-0.39, 0.29) is 17.3 Å². The molecule has 0 saturated carbocycles. The van der Waals surface area contributed by atoms with E-state index < -0.39 is 0 Å². The van der Waals surface area contributed by atoms with Gasteiger partial charge in [0.1, 0.15) is 0 Å². The molecule has 0 unspecified atom stereocenters. The summed E-state index contributed by atoms with van der Waals surface area (Å²) in [7, 11) is 3.29. The maximum Gasteiger partial charge on any atom is 0.309 e.